The van der Waals surface area contributed by atoms with Gasteiger partial charge in [0.1, 0.15) is 34.5 Å². The summed E-state index contributed by atoms with van der Waals surface area (Å²) in [5.41, 5.74) is 4.29. The molecular weight excluding hydrogens is 807 g/mol. The molecule has 0 spiro atoms. The van der Waals surface area contributed by atoms with Gasteiger partial charge in [0.15, 0.2) is 0 Å². The molecule has 0 fully saturated rings. The molecule has 0 radical (unpaired) electrons. The second kappa shape index (κ2) is 18.4. The number of rotatable bonds is 18. The fourth-order valence-corrected chi connectivity index (χ4v) is 15.0. The van der Waals surface area contributed by atoms with Crippen LogP contribution in [0.4, 0.5) is 0 Å². The highest BCUT2D eigenvalue weighted by atomic mass is 31.3. The molecule has 0 saturated heterocycles. The van der Waals surface area contributed by atoms with Gasteiger partial charge in [0.2, 0.25) is 0 Å². The summed E-state index contributed by atoms with van der Waals surface area (Å²) in [6.07, 6.45) is 10.1. The molecule has 0 unspecified atom stereocenters. The van der Waals surface area contributed by atoms with Crippen LogP contribution in [0, 0.1) is 0 Å². The lowest BCUT2D eigenvalue weighted by Gasteiger charge is -2.33. The summed E-state index contributed by atoms with van der Waals surface area (Å²) in [5.74, 6) is 2.19. The fourth-order valence-electron chi connectivity index (χ4n) is 5.85. The molecule has 60 heavy (non-hydrogen) atoms. The Bertz CT molecular complexity index is 2500. The van der Waals surface area contributed by atoms with Crippen molar-refractivity contribution in [2.45, 2.75) is 0 Å². The lowest BCUT2D eigenvalue weighted by Crippen LogP contribution is -2.12. The molecule has 0 atom stereocenters. The van der Waals surface area contributed by atoms with E-state index in [4.69, 9.17) is 40.7 Å². The van der Waals surface area contributed by atoms with E-state index in [1.165, 1.54) is 0 Å². The van der Waals surface area contributed by atoms with Crippen molar-refractivity contribution < 1.29 is 27.1 Å². The average molecular weight is 850 g/mol. The lowest BCUT2D eigenvalue weighted by molar-refractivity contribution is 0.442. The predicted octanol–water partition coefficient (Wildman–Crippen LogP) is 16.2. The van der Waals surface area contributed by atoms with E-state index >= 15 is 0 Å². The monoisotopic (exact) mass is 849 g/mol. The zero-order valence-corrected chi connectivity index (χ0v) is 35.4. The van der Waals surface area contributed by atoms with E-state index in [9.17, 15) is 0 Å². The van der Waals surface area contributed by atoms with Crippen molar-refractivity contribution in [1.29, 1.82) is 0 Å². The van der Waals surface area contributed by atoms with Crippen LogP contribution in [0.1, 0.15) is 33.4 Å². The Labute approximate surface area is 351 Å². The first-order chi connectivity index (χ1) is 29.2. The van der Waals surface area contributed by atoms with E-state index in [1.807, 2.05) is 91.0 Å². The summed E-state index contributed by atoms with van der Waals surface area (Å²) >= 11 is 0. The van der Waals surface area contributed by atoms with Gasteiger partial charge in [-0.15, -0.1) is 0 Å². The minimum absolute atomic E-state index is 0.364. The summed E-state index contributed by atoms with van der Waals surface area (Å²) in [4.78, 5) is 0. The van der Waals surface area contributed by atoms with Gasteiger partial charge in [0.25, 0.3) is 0 Å². The minimum Gasteiger partial charge on any atom is -0.413 e. The quantitative estimate of drug-likeness (QED) is 0.0800. The van der Waals surface area contributed by atoms with Gasteiger partial charge in [-0.25, -0.2) is 0 Å². The fraction of sp³-hybridized carbons (Fsp3) is 0. The number of benzene rings is 6. The van der Waals surface area contributed by atoms with E-state index in [1.54, 1.807) is 91.1 Å². The van der Waals surface area contributed by atoms with Crippen molar-refractivity contribution in [1.82, 2.24) is 0 Å². The van der Waals surface area contributed by atoms with Gasteiger partial charge in [0, 0.05) is 16.7 Å². The molecule has 0 aromatic heterocycles. The number of hydrogen-bond acceptors (Lipinski definition) is 9. The molecule has 0 amide bonds. The van der Waals surface area contributed by atoms with Gasteiger partial charge in [-0.3, -0.25) is 0 Å². The van der Waals surface area contributed by atoms with Crippen LogP contribution in [0.5, 0.6) is 34.5 Å². The van der Waals surface area contributed by atoms with Crippen LogP contribution in [0.15, 0.2) is 199 Å². The smallest absolute Gasteiger partial charge is 0.413 e. The van der Waals surface area contributed by atoms with Crippen molar-refractivity contribution in [2.75, 3.05) is 0 Å². The molecule has 12 heteroatoms. The molecule has 0 bridgehead atoms. The van der Waals surface area contributed by atoms with E-state index in [0.29, 0.717) is 51.2 Å². The number of para-hydroxylation sites is 3. The molecule has 0 saturated carbocycles. The molecule has 9 nitrogen and oxygen atoms in total. The van der Waals surface area contributed by atoms with Crippen molar-refractivity contribution in [3.63, 3.8) is 0 Å². The zero-order chi connectivity index (χ0) is 42.0. The van der Waals surface area contributed by atoms with Crippen molar-refractivity contribution in [2.24, 2.45) is 13.5 Å². The van der Waals surface area contributed by atoms with Crippen LogP contribution in [0.25, 0.3) is 36.5 Å². The summed E-state index contributed by atoms with van der Waals surface area (Å²) in [7, 11) is -12.6. The van der Waals surface area contributed by atoms with Gasteiger partial charge >= 0.3 is 23.0 Å². The Hall–Kier alpha value is -6.75. The molecule has 0 aliphatic carbocycles. The Morgan fingerprint density at radius 3 is 0.867 bits per heavy atom. The zero-order valence-electron chi connectivity index (χ0n) is 32.7. The third kappa shape index (κ3) is 9.58. The average Bonchev–Trinajstić information content (AvgIpc) is 3.26. The van der Waals surface area contributed by atoms with Crippen LogP contribution in [-0.4, -0.2) is 0 Å². The van der Waals surface area contributed by atoms with Crippen molar-refractivity contribution in [3.05, 3.63) is 218 Å². The predicted molar refractivity (Wildman–Crippen MR) is 251 cm³/mol. The Morgan fingerprint density at radius 2 is 0.600 bits per heavy atom. The van der Waals surface area contributed by atoms with Gasteiger partial charge < -0.3 is 27.1 Å². The van der Waals surface area contributed by atoms with E-state index in [2.05, 4.69) is 39.5 Å². The Balaban J connectivity index is 1.65. The topological polar surface area (TPSA) is 92.5 Å². The van der Waals surface area contributed by atoms with E-state index in [0.717, 1.165) is 16.7 Å². The highest BCUT2D eigenvalue weighted by Gasteiger charge is 2.49. The van der Waals surface area contributed by atoms with Gasteiger partial charge in [-0.05, 0) is 71.3 Å². The van der Waals surface area contributed by atoms with Crippen molar-refractivity contribution in [3.8, 4) is 34.5 Å². The van der Waals surface area contributed by atoms with Gasteiger partial charge in [-0.1, -0.05) is 180 Å². The second-order valence-corrected chi connectivity index (χ2v) is 19.0. The highest BCUT2D eigenvalue weighted by Crippen LogP contribution is 2.79. The molecule has 6 aromatic rings. The molecule has 6 aromatic carbocycles. The summed E-state index contributed by atoms with van der Waals surface area (Å²) < 4.78 is 58.4. The summed E-state index contributed by atoms with van der Waals surface area (Å²) in [5, 5.41) is 0. The number of nitrogens with zero attached hydrogens (tertiary/aromatic N) is 3. The SMILES string of the molecule is C=Cc1cccc(OP2(Oc3ccccc3C=C)=NP(Oc3cccc(C=C)c3)(Oc3ccccc3C=C)=NP(Oc3cccc(C=C)c3)(Oc3ccccc3C=C)=N2)c1. The Morgan fingerprint density at radius 1 is 0.317 bits per heavy atom. The van der Waals surface area contributed by atoms with Crippen molar-refractivity contribution >= 4 is 59.4 Å². The largest absolute Gasteiger partial charge is 0.460 e. The third-order valence-corrected chi connectivity index (χ3v) is 16.8. The molecule has 7 rings (SSSR count). The molecule has 1 aliphatic rings. The lowest BCUT2D eigenvalue weighted by atomic mass is 10.2. The maximum Gasteiger partial charge on any atom is 0.460 e. The highest BCUT2D eigenvalue weighted by molar-refractivity contribution is 7.79. The molecule has 300 valence electrons. The first kappa shape index (κ1) is 41.4. The first-order valence-electron chi connectivity index (χ1n) is 18.6. The minimum atomic E-state index is -4.20. The van der Waals surface area contributed by atoms with Crippen LogP contribution >= 0.6 is 23.0 Å². The Kier molecular flexibility index (Phi) is 12.7. The van der Waals surface area contributed by atoms with Gasteiger partial charge in [-0.2, -0.15) is 0 Å². The maximum atomic E-state index is 7.07. The molecular formula is C48H42N3O6P3. The second-order valence-electron chi connectivity index (χ2n) is 12.8. The normalized spacial score (nSPS) is 19.0. The number of hydrogen-bond donors (Lipinski definition) is 0. The van der Waals surface area contributed by atoms with Gasteiger partial charge in [0.05, 0.1) is 0 Å². The molecule has 1 heterocycles. The van der Waals surface area contributed by atoms with Crippen LogP contribution in [0.2, 0.25) is 0 Å². The summed E-state index contributed by atoms with van der Waals surface area (Å²) in [6, 6.07) is 44.0. The van der Waals surface area contributed by atoms with Crippen LogP contribution < -0.4 is 27.1 Å². The third-order valence-electron chi connectivity index (χ3n) is 8.70. The molecule has 1 aliphatic heterocycles. The van der Waals surface area contributed by atoms with E-state index in [-0.39, 0.29) is 0 Å². The standard InChI is InChI=1S/C48H42N3O6P3/c1-7-37-22-19-28-43(34-37)52-58(55-46-31-16-13-25-40(46)10-4)49-59(53-44-29-20-23-38(8-2)35-44,56-47-32-17-14-26-41(47)11-5)51-60(50-58,54-45-30-21-24-39(9-3)36-45)57-48-33-18-15-27-42(48)12-6/h7-36H,1-6H2. The van der Waals surface area contributed by atoms with Crippen LogP contribution in [-0.2, 0) is 0 Å². The maximum absolute atomic E-state index is 7.07. The first-order valence-corrected chi connectivity index (χ1v) is 23.2. The van der Waals surface area contributed by atoms with E-state index < -0.39 is 23.0 Å². The molecule has 0 N–H and O–H groups in total. The summed E-state index contributed by atoms with van der Waals surface area (Å²) in [6.45, 7) is 24.1. The van der Waals surface area contributed by atoms with Crippen LogP contribution in [0.3, 0.4) is 0 Å².